The molecule has 16 heavy (non-hydrogen) atoms. The van der Waals surface area contributed by atoms with Gasteiger partial charge < -0.3 is 9.47 Å². The summed E-state index contributed by atoms with van der Waals surface area (Å²) in [6.45, 7) is 0. The Morgan fingerprint density at radius 3 is 3.12 bits per heavy atom. The van der Waals surface area contributed by atoms with Crippen LogP contribution in [0.4, 0.5) is 0 Å². The lowest BCUT2D eigenvalue weighted by Crippen LogP contribution is -2.48. The van der Waals surface area contributed by atoms with Crippen LogP contribution in [0.25, 0.3) is 0 Å². The molecular weight excluding hydrogens is 202 g/mol. The van der Waals surface area contributed by atoms with Crippen LogP contribution in [-0.2, 0) is 9.47 Å². The van der Waals surface area contributed by atoms with Gasteiger partial charge in [-0.1, -0.05) is 0 Å². The topological polar surface area (TPSA) is 42.2 Å². The van der Waals surface area contributed by atoms with Crippen molar-refractivity contribution in [3.8, 4) is 6.07 Å². The third-order valence-electron chi connectivity index (χ3n) is 4.37. The summed E-state index contributed by atoms with van der Waals surface area (Å²) in [7, 11) is 0. The van der Waals surface area contributed by atoms with E-state index in [1.165, 1.54) is 12.8 Å². The Balaban J connectivity index is 1.69. The second kappa shape index (κ2) is 4.01. The minimum Gasteiger partial charge on any atom is -0.372 e. The van der Waals surface area contributed by atoms with E-state index in [0.29, 0.717) is 24.7 Å². The number of nitriles is 1. The first-order chi connectivity index (χ1) is 7.82. The molecule has 2 saturated heterocycles. The zero-order valence-corrected chi connectivity index (χ0v) is 9.65. The maximum atomic E-state index is 8.63. The van der Waals surface area contributed by atoms with E-state index >= 15 is 0 Å². The summed E-state index contributed by atoms with van der Waals surface area (Å²) in [5, 5.41) is 8.63. The summed E-state index contributed by atoms with van der Waals surface area (Å²) in [4.78, 5) is 0. The Kier molecular flexibility index (Phi) is 2.65. The average Bonchev–Trinajstić information content (AvgIpc) is 2.55. The normalized spacial score (nSPS) is 46.1. The molecule has 1 aliphatic carbocycles. The third-order valence-corrected chi connectivity index (χ3v) is 4.37. The van der Waals surface area contributed by atoms with Gasteiger partial charge in [0.05, 0.1) is 30.0 Å². The van der Waals surface area contributed by atoms with Gasteiger partial charge in [-0.3, -0.25) is 0 Å². The van der Waals surface area contributed by atoms with E-state index in [2.05, 4.69) is 6.07 Å². The molecule has 1 spiro atoms. The van der Waals surface area contributed by atoms with Gasteiger partial charge in [-0.2, -0.15) is 5.26 Å². The van der Waals surface area contributed by atoms with E-state index in [-0.39, 0.29) is 5.60 Å². The van der Waals surface area contributed by atoms with Crippen molar-refractivity contribution in [2.24, 2.45) is 0 Å². The molecule has 4 unspecified atom stereocenters. The Labute approximate surface area is 96.7 Å². The van der Waals surface area contributed by atoms with Crippen molar-refractivity contribution < 1.29 is 9.47 Å². The molecular formula is C13H19NO2. The van der Waals surface area contributed by atoms with Crippen LogP contribution in [-0.4, -0.2) is 23.9 Å². The van der Waals surface area contributed by atoms with Gasteiger partial charge in [0, 0.05) is 12.8 Å². The summed E-state index contributed by atoms with van der Waals surface area (Å²) in [6, 6.07) is 2.22. The Bertz CT molecular complexity index is 312. The Hall–Kier alpha value is -0.590. The zero-order valence-electron chi connectivity index (χ0n) is 9.65. The van der Waals surface area contributed by atoms with Gasteiger partial charge in [0.25, 0.3) is 0 Å². The van der Waals surface area contributed by atoms with Crippen LogP contribution >= 0.6 is 0 Å². The van der Waals surface area contributed by atoms with Crippen LogP contribution in [0.2, 0.25) is 0 Å². The first-order valence-electron chi connectivity index (χ1n) is 6.53. The monoisotopic (exact) mass is 221 g/mol. The molecule has 0 aromatic carbocycles. The zero-order chi connectivity index (χ0) is 11.0. The standard InChI is InChI=1S/C13H19NO2/c14-8-2-4-10-5-6-12-13(16-10)7-1-3-11(9-13)15-12/h10-12H,1-7,9H2. The summed E-state index contributed by atoms with van der Waals surface area (Å²) < 4.78 is 12.3. The molecule has 2 heterocycles. The summed E-state index contributed by atoms with van der Waals surface area (Å²) in [6.07, 6.45) is 9.54. The van der Waals surface area contributed by atoms with Crippen LogP contribution in [0.3, 0.4) is 0 Å². The lowest BCUT2D eigenvalue weighted by Gasteiger charge is -2.42. The summed E-state index contributed by atoms with van der Waals surface area (Å²) >= 11 is 0. The van der Waals surface area contributed by atoms with Gasteiger partial charge in [-0.05, 0) is 38.5 Å². The van der Waals surface area contributed by atoms with Crippen LogP contribution < -0.4 is 0 Å². The Morgan fingerprint density at radius 2 is 2.25 bits per heavy atom. The van der Waals surface area contributed by atoms with Crippen molar-refractivity contribution in [2.45, 2.75) is 75.3 Å². The fourth-order valence-corrected chi connectivity index (χ4v) is 3.65. The first kappa shape index (κ1) is 10.6. The molecule has 0 aromatic heterocycles. The fourth-order valence-electron chi connectivity index (χ4n) is 3.65. The highest BCUT2D eigenvalue weighted by Crippen LogP contribution is 2.49. The van der Waals surface area contributed by atoms with Crippen molar-refractivity contribution in [3.05, 3.63) is 0 Å². The summed E-state index contributed by atoms with van der Waals surface area (Å²) in [5.41, 5.74) is 0.0291. The third kappa shape index (κ3) is 1.65. The molecule has 2 bridgehead atoms. The van der Waals surface area contributed by atoms with E-state index in [1.807, 2.05) is 0 Å². The molecule has 0 radical (unpaired) electrons. The highest BCUT2D eigenvalue weighted by atomic mass is 16.6. The van der Waals surface area contributed by atoms with Gasteiger partial charge >= 0.3 is 0 Å². The largest absolute Gasteiger partial charge is 0.372 e. The number of rotatable bonds is 2. The van der Waals surface area contributed by atoms with E-state index in [1.54, 1.807) is 0 Å². The molecule has 3 fully saturated rings. The molecule has 88 valence electrons. The van der Waals surface area contributed by atoms with Crippen LogP contribution in [0, 0.1) is 11.3 Å². The highest BCUT2D eigenvalue weighted by Gasteiger charge is 2.54. The smallest absolute Gasteiger partial charge is 0.0971 e. The van der Waals surface area contributed by atoms with Crippen LogP contribution in [0.1, 0.15) is 51.4 Å². The number of nitrogens with zero attached hydrogens (tertiary/aromatic N) is 1. The highest BCUT2D eigenvalue weighted by molar-refractivity contribution is 5.04. The van der Waals surface area contributed by atoms with Gasteiger partial charge in [0.15, 0.2) is 0 Å². The predicted molar refractivity (Wildman–Crippen MR) is 58.8 cm³/mol. The molecule has 4 atom stereocenters. The van der Waals surface area contributed by atoms with Crippen molar-refractivity contribution >= 4 is 0 Å². The van der Waals surface area contributed by atoms with Crippen LogP contribution in [0.15, 0.2) is 0 Å². The fraction of sp³-hybridized carbons (Fsp3) is 0.923. The van der Waals surface area contributed by atoms with Gasteiger partial charge in [0.1, 0.15) is 0 Å². The second-order valence-electron chi connectivity index (χ2n) is 5.42. The lowest BCUT2D eigenvalue weighted by atomic mass is 9.78. The van der Waals surface area contributed by atoms with Crippen molar-refractivity contribution in [1.82, 2.24) is 0 Å². The Morgan fingerprint density at radius 1 is 1.31 bits per heavy atom. The molecule has 3 aliphatic rings. The van der Waals surface area contributed by atoms with Gasteiger partial charge in [-0.25, -0.2) is 0 Å². The average molecular weight is 221 g/mol. The first-order valence-corrected chi connectivity index (χ1v) is 6.53. The molecule has 0 aromatic rings. The lowest BCUT2D eigenvalue weighted by molar-refractivity contribution is -0.166. The molecule has 3 rings (SSSR count). The van der Waals surface area contributed by atoms with E-state index in [0.717, 1.165) is 32.1 Å². The minimum atomic E-state index is 0.0291. The van der Waals surface area contributed by atoms with Crippen LogP contribution in [0.5, 0.6) is 0 Å². The van der Waals surface area contributed by atoms with Gasteiger partial charge in [-0.15, -0.1) is 0 Å². The quantitative estimate of drug-likeness (QED) is 0.719. The number of hydrogen-bond acceptors (Lipinski definition) is 3. The number of fused-ring (bicyclic) bond motifs is 1. The molecule has 0 N–H and O–H groups in total. The molecule has 1 saturated carbocycles. The molecule has 3 heteroatoms. The molecule has 0 amide bonds. The number of hydrogen-bond donors (Lipinski definition) is 0. The van der Waals surface area contributed by atoms with Crippen molar-refractivity contribution in [1.29, 1.82) is 5.26 Å². The minimum absolute atomic E-state index is 0.0291. The number of ether oxygens (including phenoxy) is 2. The van der Waals surface area contributed by atoms with E-state index < -0.39 is 0 Å². The molecule has 3 nitrogen and oxygen atoms in total. The van der Waals surface area contributed by atoms with Crippen molar-refractivity contribution in [3.63, 3.8) is 0 Å². The second-order valence-corrected chi connectivity index (χ2v) is 5.42. The maximum Gasteiger partial charge on any atom is 0.0971 e. The molecule has 2 aliphatic heterocycles. The maximum absolute atomic E-state index is 8.63. The van der Waals surface area contributed by atoms with Crippen molar-refractivity contribution in [2.75, 3.05) is 0 Å². The van der Waals surface area contributed by atoms with Gasteiger partial charge in [0.2, 0.25) is 0 Å². The van der Waals surface area contributed by atoms with E-state index in [4.69, 9.17) is 14.7 Å². The van der Waals surface area contributed by atoms with E-state index in [9.17, 15) is 0 Å². The SMILES string of the molecule is N#CCCC1CCC2OC3CCCC2(C3)O1. The summed E-state index contributed by atoms with van der Waals surface area (Å²) in [5.74, 6) is 0. The predicted octanol–water partition coefficient (Wildman–Crippen LogP) is 2.55.